The van der Waals surface area contributed by atoms with Crippen LogP contribution in [-0.4, -0.2) is 22.7 Å². The third-order valence-corrected chi connectivity index (χ3v) is 4.65. The van der Waals surface area contributed by atoms with Gasteiger partial charge in [-0.1, -0.05) is 19.1 Å². The van der Waals surface area contributed by atoms with Crippen molar-refractivity contribution in [2.45, 2.75) is 19.8 Å². The molecule has 0 saturated heterocycles. The maximum Gasteiger partial charge on any atom is 0.331 e. The van der Waals surface area contributed by atoms with Gasteiger partial charge >= 0.3 is 5.97 Å². The number of nitriles is 1. The first-order valence-electron chi connectivity index (χ1n) is 9.04. The van der Waals surface area contributed by atoms with Gasteiger partial charge in [0.25, 0.3) is 5.91 Å². The molecule has 1 unspecified atom stereocenters. The molecule has 1 aliphatic rings. The van der Waals surface area contributed by atoms with Crippen LogP contribution in [0.4, 0.5) is 10.1 Å². The second kappa shape index (κ2) is 8.48. The normalized spacial score (nSPS) is 16.5. The van der Waals surface area contributed by atoms with Gasteiger partial charge in [0.1, 0.15) is 5.82 Å². The fraction of sp³-hybridized carbons (Fsp3) is 0.182. The highest BCUT2D eigenvalue weighted by Gasteiger charge is 2.37. The third kappa shape index (κ3) is 4.38. The average Bonchev–Trinajstić information content (AvgIpc) is 3.04. The van der Waals surface area contributed by atoms with Gasteiger partial charge in [-0.05, 0) is 60.9 Å². The molecule has 1 aliphatic heterocycles. The largest absolute Gasteiger partial charge is 0.478 e. The zero-order chi connectivity index (χ0) is 21.0. The van der Waals surface area contributed by atoms with Crippen molar-refractivity contribution >= 4 is 29.4 Å². The molecule has 29 heavy (non-hydrogen) atoms. The molecule has 0 radical (unpaired) electrons. The molecular formula is C22H18FN3O3. The first-order chi connectivity index (χ1) is 13.9. The highest BCUT2D eigenvalue weighted by atomic mass is 19.1. The van der Waals surface area contributed by atoms with Gasteiger partial charge < -0.3 is 5.11 Å². The van der Waals surface area contributed by atoms with Crippen LogP contribution in [-0.2, 0) is 9.59 Å². The molecule has 1 N–H and O–H groups in total. The highest BCUT2D eigenvalue weighted by Crippen LogP contribution is 2.29. The minimum atomic E-state index is -1.13. The number of halogens is 1. The van der Waals surface area contributed by atoms with Crippen LogP contribution in [0.3, 0.4) is 0 Å². The number of nitrogens with zero attached hydrogens (tertiary/aromatic N) is 3. The summed E-state index contributed by atoms with van der Waals surface area (Å²) in [4.78, 5) is 24.7. The molecule has 0 aromatic heterocycles. The summed E-state index contributed by atoms with van der Waals surface area (Å²) >= 11 is 0. The number of benzene rings is 2. The molecule has 1 heterocycles. The van der Waals surface area contributed by atoms with Crippen molar-refractivity contribution in [1.29, 1.82) is 5.26 Å². The van der Waals surface area contributed by atoms with Gasteiger partial charge in [-0.25, -0.2) is 14.2 Å². The molecule has 0 spiro atoms. The predicted octanol–water partition coefficient (Wildman–Crippen LogP) is 3.98. The molecule has 2 aromatic carbocycles. The number of hydrogen-bond donors (Lipinski definition) is 1. The standard InChI is InChI=1S/C22H18FN3O3/c1-2-20-19(21(27)26(25-20)18-9-7-17(23)8-10-18)12-16(22(28)29)11-14-3-5-15(13-24)6-4-14/h3-11,19H,2,12H2,1H3,(H,28,29). The van der Waals surface area contributed by atoms with Gasteiger partial charge in [0, 0.05) is 5.57 Å². The number of hydrazone groups is 1. The summed E-state index contributed by atoms with van der Waals surface area (Å²) in [5.41, 5.74) is 2.16. The van der Waals surface area contributed by atoms with E-state index in [4.69, 9.17) is 5.26 Å². The van der Waals surface area contributed by atoms with E-state index in [9.17, 15) is 19.1 Å². The van der Waals surface area contributed by atoms with E-state index in [0.29, 0.717) is 28.9 Å². The quantitative estimate of drug-likeness (QED) is 0.754. The number of amides is 1. The number of hydrogen-bond acceptors (Lipinski definition) is 4. The van der Waals surface area contributed by atoms with Gasteiger partial charge in [0.2, 0.25) is 0 Å². The second-order valence-electron chi connectivity index (χ2n) is 6.54. The van der Waals surface area contributed by atoms with Gasteiger partial charge in [0.15, 0.2) is 0 Å². The summed E-state index contributed by atoms with van der Waals surface area (Å²) in [6, 6.07) is 13.9. The molecule has 0 saturated carbocycles. The van der Waals surface area contributed by atoms with E-state index in [1.807, 2.05) is 13.0 Å². The van der Waals surface area contributed by atoms with Crippen molar-refractivity contribution in [3.63, 3.8) is 0 Å². The van der Waals surface area contributed by atoms with Gasteiger partial charge in [-0.3, -0.25) is 4.79 Å². The molecule has 3 rings (SSSR count). The number of anilines is 1. The van der Waals surface area contributed by atoms with Gasteiger partial charge in [-0.15, -0.1) is 0 Å². The smallest absolute Gasteiger partial charge is 0.331 e. The van der Waals surface area contributed by atoms with Crippen LogP contribution < -0.4 is 5.01 Å². The zero-order valence-electron chi connectivity index (χ0n) is 15.7. The fourth-order valence-electron chi connectivity index (χ4n) is 3.11. The Labute approximate surface area is 167 Å². The number of carbonyl (C=O) groups is 2. The maximum absolute atomic E-state index is 13.2. The summed E-state index contributed by atoms with van der Waals surface area (Å²) in [6.07, 6.45) is 1.96. The lowest BCUT2D eigenvalue weighted by Crippen LogP contribution is -2.28. The molecule has 7 heteroatoms. The van der Waals surface area contributed by atoms with E-state index in [-0.39, 0.29) is 17.9 Å². The summed E-state index contributed by atoms with van der Waals surface area (Å²) in [7, 11) is 0. The maximum atomic E-state index is 13.2. The van der Waals surface area contributed by atoms with Crippen molar-refractivity contribution < 1.29 is 19.1 Å². The molecular weight excluding hydrogens is 373 g/mol. The zero-order valence-corrected chi connectivity index (χ0v) is 15.7. The lowest BCUT2D eigenvalue weighted by Gasteiger charge is -2.15. The van der Waals surface area contributed by atoms with Crippen molar-refractivity contribution in [1.82, 2.24) is 0 Å². The van der Waals surface area contributed by atoms with E-state index < -0.39 is 17.7 Å². The Morgan fingerprint density at radius 3 is 2.45 bits per heavy atom. The molecule has 2 aromatic rings. The minimum absolute atomic E-state index is 0.0153. The van der Waals surface area contributed by atoms with Crippen molar-refractivity contribution in [2.75, 3.05) is 5.01 Å². The molecule has 0 aliphatic carbocycles. The highest BCUT2D eigenvalue weighted by molar-refractivity contribution is 6.16. The van der Waals surface area contributed by atoms with E-state index in [0.717, 1.165) is 0 Å². The van der Waals surface area contributed by atoms with Crippen molar-refractivity contribution in [3.05, 3.63) is 71.0 Å². The second-order valence-corrected chi connectivity index (χ2v) is 6.54. The Morgan fingerprint density at radius 2 is 1.90 bits per heavy atom. The summed E-state index contributed by atoms with van der Waals surface area (Å²) in [5.74, 6) is -2.60. The van der Waals surface area contributed by atoms with Crippen LogP contribution in [0.15, 0.2) is 59.2 Å². The molecule has 6 nitrogen and oxygen atoms in total. The van der Waals surface area contributed by atoms with Crippen LogP contribution in [0.25, 0.3) is 6.08 Å². The Kier molecular flexibility index (Phi) is 5.84. The Morgan fingerprint density at radius 1 is 1.24 bits per heavy atom. The van der Waals surface area contributed by atoms with Gasteiger partial charge in [0.05, 0.1) is 28.9 Å². The van der Waals surface area contributed by atoms with E-state index in [1.165, 1.54) is 35.4 Å². The summed E-state index contributed by atoms with van der Waals surface area (Å²) in [6.45, 7) is 1.85. The molecule has 0 fully saturated rings. The Hall–Kier alpha value is -3.79. The van der Waals surface area contributed by atoms with Crippen LogP contribution in [0, 0.1) is 23.1 Å². The number of carbonyl (C=O) groups excluding carboxylic acids is 1. The van der Waals surface area contributed by atoms with Crippen LogP contribution in [0.2, 0.25) is 0 Å². The van der Waals surface area contributed by atoms with E-state index >= 15 is 0 Å². The van der Waals surface area contributed by atoms with Crippen molar-refractivity contribution in [3.8, 4) is 6.07 Å². The molecule has 146 valence electrons. The lowest BCUT2D eigenvalue weighted by atomic mass is 9.92. The molecule has 1 amide bonds. The summed E-state index contributed by atoms with van der Waals surface area (Å²) in [5, 5.41) is 24.0. The third-order valence-electron chi connectivity index (χ3n) is 4.65. The molecule has 0 bridgehead atoms. The number of carboxylic acid groups (broad SMARTS) is 1. The molecule has 1 atom stereocenters. The van der Waals surface area contributed by atoms with Crippen LogP contribution in [0.1, 0.15) is 30.9 Å². The Balaban J connectivity index is 1.87. The van der Waals surface area contributed by atoms with Crippen LogP contribution in [0.5, 0.6) is 0 Å². The lowest BCUT2D eigenvalue weighted by molar-refractivity contribution is -0.132. The predicted molar refractivity (Wildman–Crippen MR) is 106 cm³/mol. The Bertz CT molecular complexity index is 1030. The fourth-order valence-corrected chi connectivity index (χ4v) is 3.11. The SMILES string of the molecule is CCC1=NN(c2ccc(F)cc2)C(=O)C1CC(=Cc1ccc(C#N)cc1)C(=O)O. The monoisotopic (exact) mass is 391 g/mol. The van der Waals surface area contributed by atoms with Crippen LogP contribution >= 0.6 is 0 Å². The van der Waals surface area contributed by atoms with Crippen molar-refractivity contribution in [2.24, 2.45) is 11.0 Å². The van der Waals surface area contributed by atoms with E-state index in [2.05, 4.69) is 5.10 Å². The number of carboxylic acids is 1. The first-order valence-corrected chi connectivity index (χ1v) is 9.04. The first kappa shape index (κ1) is 20.0. The summed E-state index contributed by atoms with van der Waals surface area (Å²) < 4.78 is 13.2. The van der Waals surface area contributed by atoms with E-state index in [1.54, 1.807) is 24.3 Å². The average molecular weight is 391 g/mol. The number of rotatable bonds is 6. The topological polar surface area (TPSA) is 93.8 Å². The minimum Gasteiger partial charge on any atom is -0.478 e. The number of aliphatic carboxylic acids is 1. The van der Waals surface area contributed by atoms with Gasteiger partial charge in [-0.2, -0.15) is 10.4 Å².